The Labute approximate surface area is 189 Å². The third kappa shape index (κ3) is 4.25. The number of rotatable bonds is 4. The Hall–Kier alpha value is -3.18. The summed E-state index contributed by atoms with van der Waals surface area (Å²) in [6.07, 6.45) is 0. The minimum Gasteiger partial charge on any atom is -0.336 e. The number of hydrogen-bond acceptors (Lipinski definition) is 4. The van der Waals surface area contributed by atoms with E-state index in [0.29, 0.717) is 28.7 Å². The summed E-state index contributed by atoms with van der Waals surface area (Å²) >= 11 is 0. The van der Waals surface area contributed by atoms with Crippen molar-refractivity contribution in [3.8, 4) is 5.69 Å². The fourth-order valence-electron chi connectivity index (χ4n) is 3.90. The maximum absolute atomic E-state index is 14.0. The molecule has 1 aliphatic rings. The molecular formula is C22H21F3N4O3S. The number of halogens is 3. The molecule has 1 fully saturated rings. The number of sulfonamides is 1. The molecule has 7 nitrogen and oxygen atoms in total. The van der Waals surface area contributed by atoms with E-state index in [4.69, 9.17) is 0 Å². The van der Waals surface area contributed by atoms with Crippen LogP contribution in [0.25, 0.3) is 5.69 Å². The number of carbonyl (C=O) groups is 1. The van der Waals surface area contributed by atoms with Crippen LogP contribution in [-0.4, -0.2) is 59.5 Å². The standard InChI is InChI=1S/C22H21F3N4O3S/c1-14-21(15(2)29(26-14)18-6-3-16(23)4-7-18)22(30)27-9-11-28(12-10-27)33(31,32)20-8-5-17(24)13-19(20)25/h3-8,13H,9-12H2,1-2H3. The van der Waals surface area contributed by atoms with Crippen LogP contribution in [0.1, 0.15) is 21.7 Å². The fourth-order valence-corrected chi connectivity index (χ4v) is 5.37. The summed E-state index contributed by atoms with van der Waals surface area (Å²) < 4.78 is 68.6. The van der Waals surface area contributed by atoms with Crippen molar-refractivity contribution >= 4 is 15.9 Å². The highest BCUT2D eigenvalue weighted by molar-refractivity contribution is 7.89. The SMILES string of the molecule is Cc1nn(-c2ccc(F)cc2)c(C)c1C(=O)N1CCN(S(=O)(=O)c2ccc(F)cc2F)CC1. The topological polar surface area (TPSA) is 75.5 Å². The van der Waals surface area contributed by atoms with Gasteiger partial charge < -0.3 is 4.90 Å². The van der Waals surface area contributed by atoms with Crippen molar-refractivity contribution in [2.75, 3.05) is 26.2 Å². The molecule has 3 aromatic rings. The molecule has 0 radical (unpaired) electrons. The van der Waals surface area contributed by atoms with Gasteiger partial charge in [0.25, 0.3) is 5.91 Å². The van der Waals surface area contributed by atoms with Crippen LogP contribution in [0.5, 0.6) is 0 Å². The lowest BCUT2D eigenvalue weighted by Gasteiger charge is -2.34. The first-order chi connectivity index (χ1) is 15.6. The van der Waals surface area contributed by atoms with Crippen molar-refractivity contribution in [3.63, 3.8) is 0 Å². The Kier molecular flexibility index (Phi) is 6.02. The van der Waals surface area contributed by atoms with Crippen molar-refractivity contribution in [1.29, 1.82) is 0 Å². The van der Waals surface area contributed by atoms with Crippen LogP contribution in [-0.2, 0) is 10.0 Å². The normalized spacial score (nSPS) is 15.1. The van der Waals surface area contributed by atoms with Crippen LogP contribution < -0.4 is 0 Å². The summed E-state index contributed by atoms with van der Waals surface area (Å²) in [6.45, 7) is 3.56. The first-order valence-electron chi connectivity index (χ1n) is 10.2. The van der Waals surface area contributed by atoms with E-state index in [2.05, 4.69) is 5.10 Å². The third-order valence-electron chi connectivity index (χ3n) is 5.61. The summed E-state index contributed by atoms with van der Waals surface area (Å²) in [6, 6.07) is 8.03. The van der Waals surface area contributed by atoms with Crippen molar-refractivity contribution in [1.82, 2.24) is 19.0 Å². The molecule has 0 spiro atoms. The van der Waals surface area contributed by atoms with E-state index in [1.54, 1.807) is 30.7 Å². The highest BCUT2D eigenvalue weighted by Gasteiger charge is 2.33. The predicted molar refractivity (Wildman–Crippen MR) is 114 cm³/mol. The first-order valence-corrected chi connectivity index (χ1v) is 11.6. The number of benzene rings is 2. The number of hydrogen-bond donors (Lipinski definition) is 0. The van der Waals surface area contributed by atoms with E-state index >= 15 is 0 Å². The second-order valence-electron chi connectivity index (χ2n) is 7.71. The van der Waals surface area contributed by atoms with Gasteiger partial charge >= 0.3 is 0 Å². The van der Waals surface area contributed by atoms with Crippen LogP contribution in [0.2, 0.25) is 0 Å². The average molecular weight is 478 g/mol. The van der Waals surface area contributed by atoms with Gasteiger partial charge in [-0.3, -0.25) is 4.79 Å². The number of amides is 1. The van der Waals surface area contributed by atoms with E-state index in [1.165, 1.54) is 17.0 Å². The van der Waals surface area contributed by atoms with Gasteiger partial charge in [0, 0.05) is 32.2 Å². The molecule has 1 saturated heterocycles. The molecule has 0 aliphatic carbocycles. The maximum Gasteiger partial charge on any atom is 0.257 e. The summed E-state index contributed by atoms with van der Waals surface area (Å²) in [7, 11) is -4.17. The number of aryl methyl sites for hydroxylation is 1. The smallest absolute Gasteiger partial charge is 0.257 e. The Bertz CT molecular complexity index is 1320. The van der Waals surface area contributed by atoms with Crippen LogP contribution in [0.15, 0.2) is 47.4 Å². The molecule has 2 heterocycles. The lowest BCUT2D eigenvalue weighted by Crippen LogP contribution is -2.50. The largest absolute Gasteiger partial charge is 0.336 e. The molecule has 0 bridgehead atoms. The summed E-state index contributed by atoms with van der Waals surface area (Å²) in [5.74, 6) is -2.71. The highest BCUT2D eigenvalue weighted by atomic mass is 32.2. The van der Waals surface area contributed by atoms with E-state index in [1.807, 2.05) is 0 Å². The molecule has 1 aliphatic heterocycles. The molecule has 174 valence electrons. The van der Waals surface area contributed by atoms with Gasteiger partial charge in [-0.1, -0.05) is 0 Å². The van der Waals surface area contributed by atoms with Gasteiger partial charge in [-0.15, -0.1) is 0 Å². The average Bonchev–Trinajstić information content (AvgIpc) is 3.07. The summed E-state index contributed by atoms with van der Waals surface area (Å²) in [4.78, 5) is 14.1. The van der Waals surface area contributed by atoms with Crippen LogP contribution >= 0.6 is 0 Å². The number of piperazine rings is 1. The zero-order valence-corrected chi connectivity index (χ0v) is 18.7. The summed E-state index contributed by atoms with van der Waals surface area (Å²) in [5, 5.41) is 4.40. The Morgan fingerprint density at radius 1 is 0.909 bits per heavy atom. The van der Waals surface area contributed by atoms with E-state index < -0.39 is 26.6 Å². The predicted octanol–water partition coefficient (Wildman–Crippen LogP) is 3.05. The van der Waals surface area contributed by atoms with Gasteiger partial charge in [0.2, 0.25) is 10.0 Å². The van der Waals surface area contributed by atoms with Crippen molar-refractivity contribution in [2.24, 2.45) is 0 Å². The van der Waals surface area contributed by atoms with Crippen molar-refractivity contribution < 1.29 is 26.4 Å². The molecule has 0 atom stereocenters. The van der Waals surface area contributed by atoms with Gasteiger partial charge in [-0.05, 0) is 50.2 Å². The van der Waals surface area contributed by atoms with Gasteiger partial charge in [-0.25, -0.2) is 26.3 Å². The molecular weight excluding hydrogens is 457 g/mol. The highest BCUT2D eigenvalue weighted by Crippen LogP contribution is 2.24. The number of carbonyl (C=O) groups excluding carboxylic acids is 1. The maximum atomic E-state index is 14.0. The van der Waals surface area contributed by atoms with Crippen LogP contribution in [0, 0.1) is 31.3 Å². The van der Waals surface area contributed by atoms with Gasteiger partial charge in [0.1, 0.15) is 22.3 Å². The second-order valence-corrected chi connectivity index (χ2v) is 9.61. The zero-order valence-electron chi connectivity index (χ0n) is 17.9. The molecule has 4 rings (SSSR count). The van der Waals surface area contributed by atoms with Crippen molar-refractivity contribution in [3.05, 3.63) is 76.9 Å². The third-order valence-corrected chi connectivity index (χ3v) is 7.55. The Morgan fingerprint density at radius 2 is 1.52 bits per heavy atom. The van der Waals surface area contributed by atoms with Crippen molar-refractivity contribution in [2.45, 2.75) is 18.7 Å². The van der Waals surface area contributed by atoms with Gasteiger partial charge in [-0.2, -0.15) is 9.40 Å². The molecule has 0 N–H and O–H groups in total. The fraction of sp³-hybridized carbons (Fsp3) is 0.273. The molecule has 0 saturated carbocycles. The van der Waals surface area contributed by atoms with E-state index in [9.17, 15) is 26.4 Å². The molecule has 1 aromatic heterocycles. The molecule has 11 heteroatoms. The molecule has 33 heavy (non-hydrogen) atoms. The summed E-state index contributed by atoms with van der Waals surface area (Å²) in [5.41, 5.74) is 2.06. The molecule has 2 aromatic carbocycles. The molecule has 0 unspecified atom stereocenters. The van der Waals surface area contributed by atoms with Gasteiger partial charge in [0.15, 0.2) is 0 Å². The lowest BCUT2D eigenvalue weighted by atomic mass is 10.1. The minimum atomic E-state index is -4.17. The van der Waals surface area contributed by atoms with Crippen LogP contribution in [0.4, 0.5) is 13.2 Å². The second kappa shape index (κ2) is 8.64. The molecule has 1 amide bonds. The lowest BCUT2D eigenvalue weighted by molar-refractivity contribution is 0.0696. The zero-order chi connectivity index (χ0) is 23.9. The first kappa shape index (κ1) is 23.0. The van der Waals surface area contributed by atoms with E-state index in [-0.39, 0.29) is 37.9 Å². The monoisotopic (exact) mass is 478 g/mol. The number of nitrogens with zero attached hydrogens (tertiary/aromatic N) is 4. The van der Waals surface area contributed by atoms with Gasteiger partial charge in [0.05, 0.1) is 22.6 Å². The number of aromatic nitrogens is 2. The van der Waals surface area contributed by atoms with E-state index in [0.717, 1.165) is 16.4 Å². The Balaban J connectivity index is 1.52. The van der Waals surface area contributed by atoms with Crippen LogP contribution in [0.3, 0.4) is 0 Å². The minimum absolute atomic E-state index is 0.0327. The quantitative estimate of drug-likeness (QED) is 0.578. The Morgan fingerprint density at radius 3 is 2.12 bits per heavy atom.